The van der Waals surface area contributed by atoms with Crippen molar-refractivity contribution in [1.29, 1.82) is 0 Å². The predicted molar refractivity (Wildman–Crippen MR) is 40.3 cm³/mol. The Kier molecular flexibility index (Phi) is 2.39. The third kappa shape index (κ3) is 1.79. The molecule has 0 saturated heterocycles. The second-order valence-electron chi connectivity index (χ2n) is 2.50. The monoisotopic (exact) mass is 170 g/mol. The molecule has 0 aliphatic rings. The quantitative estimate of drug-likeness (QED) is 0.630. The van der Waals surface area contributed by atoms with Gasteiger partial charge in [0.25, 0.3) is 0 Å². The summed E-state index contributed by atoms with van der Waals surface area (Å²) in [6, 6.07) is -0.251. The topological polar surface area (TPSA) is 94.0 Å². The molecule has 0 radical (unpaired) electrons. The van der Waals surface area contributed by atoms with Gasteiger partial charge in [0.15, 0.2) is 0 Å². The van der Waals surface area contributed by atoms with Gasteiger partial charge >= 0.3 is 5.97 Å². The fraction of sp³-hybridized carbons (Fsp3) is 0.500. The number of carbonyl (C=O) groups is 1. The summed E-state index contributed by atoms with van der Waals surface area (Å²) < 4.78 is 1.27. The van der Waals surface area contributed by atoms with Crippen LogP contribution in [0.15, 0.2) is 6.20 Å². The van der Waals surface area contributed by atoms with Crippen LogP contribution in [0, 0.1) is 0 Å². The summed E-state index contributed by atoms with van der Waals surface area (Å²) in [5, 5.41) is 15.6. The number of carboxylic acids is 1. The number of hydrogen-bond acceptors (Lipinski definition) is 4. The molecule has 6 nitrogen and oxygen atoms in total. The molecular formula is C6H10N4O2. The van der Waals surface area contributed by atoms with E-state index in [2.05, 4.69) is 10.3 Å². The molecule has 0 fully saturated rings. The first-order valence-electron chi connectivity index (χ1n) is 3.47. The van der Waals surface area contributed by atoms with Gasteiger partial charge in [-0.2, -0.15) is 0 Å². The molecule has 0 saturated carbocycles. The molecule has 0 amide bonds. The Bertz CT molecular complexity index is 281. The molecule has 0 aromatic carbocycles. The van der Waals surface area contributed by atoms with Crippen molar-refractivity contribution in [2.24, 2.45) is 5.73 Å². The van der Waals surface area contributed by atoms with Crippen molar-refractivity contribution in [3.05, 3.63) is 11.9 Å². The minimum atomic E-state index is -0.956. The van der Waals surface area contributed by atoms with Crippen molar-refractivity contribution in [3.8, 4) is 0 Å². The molecule has 0 unspecified atom stereocenters. The van der Waals surface area contributed by atoms with Gasteiger partial charge in [-0.15, -0.1) is 5.10 Å². The minimum Gasteiger partial charge on any atom is -0.480 e. The maximum absolute atomic E-state index is 10.3. The Morgan fingerprint density at radius 3 is 3.08 bits per heavy atom. The molecule has 1 aromatic rings. The summed E-state index contributed by atoms with van der Waals surface area (Å²) in [5.41, 5.74) is 6.16. The highest BCUT2D eigenvalue weighted by Crippen LogP contribution is 2.05. The maximum Gasteiger partial charge on any atom is 0.325 e. The summed E-state index contributed by atoms with van der Waals surface area (Å²) in [7, 11) is 0. The Balaban J connectivity index is 2.84. The Hall–Kier alpha value is -1.43. The highest BCUT2D eigenvalue weighted by molar-refractivity contribution is 5.66. The van der Waals surface area contributed by atoms with E-state index in [0.29, 0.717) is 5.69 Å². The summed E-state index contributed by atoms with van der Waals surface area (Å²) in [6.07, 6.45) is 1.47. The van der Waals surface area contributed by atoms with Crippen LogP contribution in [0.3, 0.4) is 0 Å². The number of aromatic nitrogens is 3. The Labute approximate surface area is 69.0 Å². The molecule has 1 atom stereocenters. The maximum atomic E-state index is 10.3. The number of aliphatic carboxylic acids is 1. The molecule has 1 rings (SSSR count). The van der Waals surface area contributed by atoms with Gasteiger partial charge in [-0.1, -0.05) is 5.21 Å². The first kappa shape index (κ1) is 8.66. The van der Waals surface area contributed by atoms with Crippen molar-refractivity contribution in [1.82, 2.24) is 15.0 Å². The fourth-order valence-electron chi connectivity index (χ4n) is 0.869. The van der Waals surface area contributed by atoms with E-state index in [1.54, 1.807) is 6.92 Å². The molecule has 6 heteroatoms. The first-order valence-corrected chi connectivity index (χ1v) is 3.47. The van der Waals surface area contributed by atoms with Crippen LogP contribution in [0.1, 0.15) is 18.7 Å². The molecule has 0 aliphatic carbocycles. The third-order valence-electron chi connectivity index (χ3n) is 1.40. The summed E-state index contributed by atoms with van der Waals surface area (Å²) >= 11 is 0. The van der Waals surface area contributed by atoms with Gasteiger partial charge < -0.3 is 10.8 Å². The highest BCUT2D eigenvalue weighted by Gasteiger charge is 2.10. The Morgan fingerprint density at radius 1 is 1.92 bits per heavy atom. The van der Waals surface area contributed by atoms with Crippen molar-refractivity contribution in [3.63, 3.8) is 0 Å². The number of carboxylic acid groups (broad SMARTS) is 1. The van der Waals surface area contributed by atoms with Crippen molar-refractivity contribution >= 4 is 5.97 Å². The molecule has 0 aliphatic heterocycles. The largest absolute Gasteiger partial charge is 0.480 e. The van der Waals surface area contributed by atoms with Gasteiger partial charge in [-0.25, -0.2) is 4.68 Å². The van der Waals surface area contributed by atoms with E-state index in [1.165, 1.54) is 10.9 Å². The smallest absolute Gasteiger partial charge is 0.325 e. The average Bonchev–Trinajstić information content (AvgIpc) is 2.33. The SMILES string of the molecule is C[C@@H](N)c1cnnn1CC(=O)O. The number of nitrogens with zero attached hydrogens (tertiary/aromatic N) is 3. The van der Waals surface area contributed by atoms with Gasteiger partial charge in [-0.05, 0) is 6.92 Å². The van der Waals surface area contributed by atoms with E-state index in [0.717, 1.165) is 0 Å². The predicted octanol–water partition coefficient (Wildman–Crippen LogP) is -0.618. The van der Waals surface area contributed by atoms with E-state index in [4.69, 9.17) is 10.8 Å². The van der Waals surface area contributed by atoms with E-state index < -0.39 is 5.97 Å². The van der Waals surface area contributed by atoms with Crippen molar-refractivity contribution in [2.45, 2.75) is 19.5 Å². The lowest BCUT2D eigenvalue weighted by Crippen LogP contribution is -2.17. The average molecular weight is 170 g/mol. The molecule has 1 aromatic heterocycles. The number of rotatable bonds is 3. The molecular weight excluding hydrogens is 160 g/mol. The van der Waals surface area contributed by atoms with Gasteiger partial charge in [0.05, 0.1) is 11.9 Å². The third-order valence-corrected chi connectivity index (χ3v) is 1.40. The minimum absolute atomic E-state index is 0.198. The second kappa shape index (κ2) is 3.31. The van der Waals surface area contributed by atoms with E-state index in [-0.39, 0.29) is 12.6 Å². The first-order chi connectivity index (χ1) is 5.61. The summed E-state index contributed by atoms with van der Waals surface area (Å²) in [4.78, 5) is 10.3. The van der Waals surface area contributed by atoms with Crippen molar-refractivity contribution < 1.29 is 9.90 Å². The van der Waals surface area contributed by atoms with Gasteiger partial charge in [-0.3, -0.25) is 4.79 Å². The summed E-state index contributed by atoms with van der Waals surface area (Å²) in [6.45, 7) is 1.55. The molecule has 12 heavy (non-hydrogen) atoms. The second-order valence-corrected chi connectivity index (χ2v) is 2.50. The van der Waals surface area contributed by atoms with Crippen LogP contribution in [0.25, 0.3) is 0 Å². The highest BCUT2D eigenvalue weighted by atomic mass is 16.4. The van der Waals surface area contributed by atoms with Gasteiger partial charge in [0, 0.05) is 6.04 Å². The molecule has 3 N–H and O–H groups in total. The van der Waals surface area contributed by atoms with Crippen LogP contribution in [0.2, 0.25) is 0 Å². The van der Waals surface area contributed by atoms with E-state index >= 15 is 0 Å². The van der Waals surface area contributed by atoms with Gasteiger partial charge in [0.1, 0.15) is 6.54 Å². The molecule has 0 spiro atoms. The summed E-state index contributed by atoms with van der Waals surface area (Å²) in [5.74, 6) is -0.956. The van der Waals surface area contributed by atoms with Crippen LogP contribution in [-0.2, 0) is 11.3 Å². The van der Waals surface area contributed by atoms with Crippen molar-refractivity contribution in [2.75, 3.05) is 0 Å². The standard InChI is InChI=1S/C6H10N4O2/c1-4(7)5-2-8-9-10(5)3-6(11)12/h2,4H,3,7H2,1H3,(H,11,12)/t4-/m1/s1. The van der Waals surface area contributed by atoms with Gasteiger partial charge in [0.2, 0.25) is 0 Å². The Morgan fingerprint density at radius 2 is 2.58 bits per heavy atom. The van der Waals surface area contributed by atoms with E-state index in [9.17, 15) is 4.79 Å². The van der Waals surface area contributed by atoms with Crippen LogP contribution in [-0.4, -0.2) is 26.1 Å². The lowest BCUT2D eigenvalue weighted by molar-refractivity contribution is -0.138. The zero-order valence-corrected chi connectivity index (χ0v) is 6.64. The van der Waals surface area contributed by atoms with Crippen LogP contribution in [0.4, 0.5) is 0 Å². The molecule has 0 bridgehead atoms. The van der Waals surface area contributed by atoms with E-state index in [1.807, 2.05) is 0 Å². The fourth-order valence-corrected chi connectivity index (χ4v) is 0.869. The lowest BCUT2D eigenvalue weighted by Gasteiger charge is -2.05. The number of nitrogens with two attached hydrogens (primary N) is 1. The van der Waals surface area contributed by atoms with Crippen LogP contribution < -0.4 is 5.73 Å². The zero-order chi connectivity index (χ0) is 9.14. The normalized spacial score (nSPS) is 12.8. The number of hydrogen-bond donors (Lipinski definition) is 2. The molecule has 66 valence electrons. The lowest BCUT2D eigenvalue weighted by atomic mass is 10.3. The molecule has 1 heterocycles. The van der Waals surface area contributed by atoms with Crippen LogP contribution >= 0.6 is 0 Å². The zero-order valence-electron chi connectivity index (χ0n) is 6.64. The van der Waals surface area contributed by atoms with Crippen LogP contribution in [0.5, 0.6) is 0 Å².